The second kappa shape index (κ2) is 6.23. The van der Waals surface area contributed by atoms with Gasteiger partial charge in [0.25, 0.3) is 0 Å². The molecule has 4 nitrogen and oxygen atoms in total. The molecule has 4 heteroatoms. The molecule has 3 atom stereocenters. The molecule has 0 radical (unpaired) electrons. The number of hydrogen-bond donors (Lipinski definition) is 2. The molecule has 2 fully saturated rings. The van der Waals surface area contributed by atoms with Gasteiger partial charge in [0.15, 0.2) is 0 Å². The van der Waals surface area contributed by atoms with Gasteiger partial charge in [-0.3, -0.25) is 9.69 Å². The number of carbonyl (C=O) groups excluding carboxylic acids is 1. The normalized spacial score (nSPS) is 36.4. The summed E-state index contributed by atoms with van der Waals surface area (Å²) in [6.45, 7) is 7.68. The van der Waals surface area contributed by atoms with Crippen LogP contribution in [-0.2, 0) is 4.79 Å². The highest BCUT2D eigenvalue weighted by molar-refractivity contribution is 5.78. The van der Waals surface area contributed by atoms with E-state index >= 15 is 0 Å². The summed E-state index contributed by atoms with van der Waals surface area (Å²) in [6.07, 6.45) is 6.07. The largest absolute Gasteiger partial charge is 0.352 e. The molecule has 110 valence electrons. The topological polar surface area (TPSA) is 58.4 Å². The van der Waals surface area contributed by atoms with Crippen molar-refractivity contribution in [1.29, 1.82) is 0 Å². The van der Waals surface area contributed by atoms with Gasteiger partial charge in [0.2, 0.25) is 5.91 Å². The lowest BCUT2D eigenvalue weighted by Gasteiger charge is -2.30. The number of likely N-dealkylation sites (tertiary alicyclic amines) is 1. The van der Waals surface area contributed by atoms with E-state index in [9.17, 15) is 4.79 Å². The SMILES string of the molecule is CC1CCCCC1NC(=O)CN1CCC(C)(CN)C1. The van der Waals surface area contributed by atoms with E-state index < -0.39 is 0 Å². The number of rotatable bonds is 4. The van der Waals surface area contributed by atoms with Crippen LogP contribution >= 0.6 is 0 Å². The number of nitrogens with one attached hydrogen (secondary N) is 1. The third kappa shape index (κ3) is 3.93. The Bertz CT molecular complexity index is 321. The molecule has 0 aromatic heterocycles. The maximum atomic E-state index is 12.1. The van der Waals surface area contributed by atoms with Crippen molar-refractivity contribution in [3.63, 3.8) is 0 Å². The van der Waals surface area contributed by atoms with Crippen LogP contribution in [0.4, 0.5) is 0 Å². The van der Waals surface area contributed by atoms with Gasteiger partial charge in [-0.15, -0.1) is 0 Å². The van der Waals surface area contributed by atoms with E-state index in [1.54, 1.807) is 0 Å². The van der Waals surface area contributed by atoms with Crippen LogP contribution in [0.5, 0.6) is 0 Å². The van der Waals surface area contributed by atoms with Gasteiger partial charge < -0.3 is 11.1 Å². The first-order chi connectivity index (χ1) is 9.02. The molecule has 1 saturated carbocycles. The maximum Gasteiger partial charge on any atom is 0.234 e. The minimum absolute atomic E-state index is 0.194. The van der Waals surface area contributed by atoms with Crippen molar-refractivity contribution < 1.29 is 4.79 Å². The van der Waals surface area contributed by atoms with Crippen LogP contribution in [0.15, 0.2) is 0 Å². The van der Waals surface area contributed by atoms with Crippen LogP contribution in [0.3, 0.4) is 0 Å². The number of amides is 1. The fourth-order valence-corrected chi connectivity index (χ4v) is 3.41. The summed E-state index contributed by atoms with van der Waals surface area (Å²) in [5, 5.41) is 3.23. The number of hydrogen-bond acceptors (Lipinski definition) is 3. The molecule has 0 aromatic carbocycles. The zero-order valence-electron chi connectivity index (χ0n) is 12.5. The van der Waals surface area contributed by atoms with Crippen molar-refractivity contribution in [3.8, 4) is 0 Å². The van der Waals surface area contributed by atoms with E-state index in [1.165, 1.54) is 19.3 Å². The zero-order valence-corrected chi connectivity index (χ0v) is 12.5. The molecular weight excluding hydrogens is 238 g/mol. The van der Waals surface area contributed by atoms with E-state index in [0.29, 0.717) is 25.0 Å². The van der Waals surface area contributed by atoms with E-state index in [2.05, 4.69) is 24.1 Å². The number of nitrogens with two attached hydrogens (primary N) is 1. The van der Waals surface area contributed by atoms with E-state index in [0.717, 1.165) is 25.9 Å². The maximum absolute atomic E-state index is 12.1. The molecule has 0 spiro atoms. The molecule has 1 amide bonds. The Hall–Kier alpha value is -0.610. The summed E-state index contributed by atoms with van der Waals surface area (Å²) in [5.74, 6) is 0.825. The average Bonchev–Trinajstić information content (AvgIpc) is 2.74. The van der Waals surface area contributed by atoms with Crippen molar-refractivity contribution in [2.24, 2.45) is 17.1 Å². The first-order valence-corrected chi connectivity index (χ1v) is 7.74. The van der Waals surface area contributed by atoms with Crippen LogP contribution in [0.1, 0.15) is 46.0 Å². The van der Waals surface area contributed by atoms with E-state index in [-0.39, 0.29) is 11.3 Å². The Morgan fingerprint density at radius 2 is 2.16 bits per heavy atom. The van der Waals surface area contributed by atoms with Crippen LogP contribution < -0.4 is 11.1 Å². The second-order valence-corrected chi connectivity index (χ2v) is 6.91. The molecule has 1 aliphatic heterocycles. The second-order valence-electron chi connectivity index (χ2n) is 6.91. The Balaban J connectivity index is 1.76. The van der Waals surface area contributed by atoms with Gasteiger partial charge in [-0.2, -0.15) is 0 Å². The summed E-state index contributed by atoms with van der Waals surface area (Å²) in [5.41, 5.74) is 6.01. The zero-order chi connectivity index (χ0) is 13.9. The fourth-order valence-electron chi connectivity index (χ4n) is 3.41. The van der Waals surface area contributed by atoms with Gasteiger partial charge in [-0.25, -0.2) is 0 Å². The van der Waals surface area contributed by atoms with Crippen molar-refractivity contribution in [2.75, 3.05) is 26.2 Å². The first kappa shape index (κ1) is 14.8. The van der Waals surface area contributed by atoms with Gasteiger partial charge in [0, 0.05) is 12.6 Å². The first-order valence-electron chi connectivity index (χ1n) is 7.74. The lowest BCUT2D eigenvalue weighted by Crippen LogP contribution is -2.45. The lowest BCUT2D eigenvalue weighted by molar-refractivity contribution is -0.123. The molecule has 1 saturated heterocycles. The fraction of sp³-hybridized carbons (Fsp3) is 0.933. The molecule has 0 bridgehead atoms. The molecule has 2 aliphatic rings. The number of carbonyl (C=O) groups is 1. The molecule has 1 aliphatic carbocycles. The molecule has 3 N–H and O–H groups in total. The highest BCUT2D eigenvalue weighted by atomic mass is 16.2. The van der Waals surface area contributed by atoms with Gasteiger partial charge >= 0.3 is 0 Å². The standard InChI is InChI=1S/C15H29N3O/c1-12-5-3-4-6-13(12)17-14(19)9-18-8-7-15(2,10-16)11-18/h12-13H,3-11,16H2,1-2H3,(H,17,19). The van der Waals surface area contributed by atoms with Gasteiger partial charge in [0.05, 0.1) is 6.54 Å². The summed E-state index contributed by atoms with van der Waals surface area (Å²) in [4.78, 5) is 14.4. The molecule has 1 heterocycles. The summed E-state index contributed by atoms with van der Waals surface area (Å²) >= 11 is 0. The highest BCUT2D eigenvalue weighted by Gasteiger charge is 2.33. The van der Waals surface area contributed by atoms with Crippen molar-refractivity contribution in [1.82, 2.24) is 10.2 Å². The number of nitrogens with zero attached hydrogens (tertiary/aromatic N) is 1. The third-order valence-corrected chi connectivity index (χ3v) is 4.95. The van der Waals surface area contributed by atoms with Crippen LogP contribution in [0, 0.1) is 11.3 Å². The Labute approximate surface area is 117 Å². The Kier molecular flexibility index (Phi) is 4.85. The third-order valence-electron chi connectivity index (χ3n) is 4.95. The molecule has 0 aromatic rings. The minimum atomic E-state index is 0.194. The van der Waals surface area contributed by atoms with E-state index in [4.69, 9.17) is 5.73 Å². The molecule has 19 heavy (non-hydrogen) atoms. The summed E-state index contributed by atoms with van der Waals surface area (Å²) in [6, 6.07) is 0.393. The predicted octanol–water partition coefficient (Wildman–Crippen LogP) is 1.35. The van der Waals surface area contributed by atoms with Crippen molar-refractivity contribution in [2.45, 2.75) is 52.0 Å². The highest BCUT2D eigenvalue weighted by Crippen LogP contribution is 2.28. The summed E-state index contributed by atoms with van der Waals surface area (Å²) in [7, 11) is 0. The van der Waals surface area contributed by atoms with Crippen molar-refractivity contribution in [3.05, 3.63) is 0 Å². The lowest BCUT2D eigenvalue weighted by atomic mass is 9.86. The van der Waals surface area contributed by atoms with Gasteiger partial charge in [0.1, 0.15) is 0 Å². The predicted molar refractivity (Wildman–Crippen MR) is 77.8 cm³/mol. The smallest absolute Gasteiger partial charge is 0.234 e. The molecular formula is C15H29N3O. The molecule has 2 rings (SSSR count). The molecule has 3 unspecified atom stereocenters. The van der Waals surface area contributed by atoms with Crippen molar-refractivity contribution >= 4 is 5.91 Å². The Morgan fingerprint density at radius 1 is 1.42 bits per heavy atom. The van der Waals surface area contributed by atoms with Crippen LogP contribution in [-0.4, -0.2) is 43.0 Å². The van der Waals surface area contributed by atoms with Gasteiger partial charge in [-0.05, 0) is 43.7 Å². The monoisotopic (exact) mass is 267 g/mol. The van der Waals surface area contributed by atoms with Crippen LogP contribution in [0.2, 0.25) is 0 Å². The van der Waals surface area contributed by atoms with Gasteiger partial charge in [-0.1, -0.05) is 26.7 Å². The average molecular weight is 267 g/mol. The quantitative estimate of drug-likeness (QED) is 0.808. The summed E-state index contributed by atoms with van der Waals surface area (Å²) < 4.78 is 0. The minimum Gasteiger partial charge on any atom is -0.352 e. The van der Waals surface area contributed by atoms with E-state index in [1.807, 2.05) is 0 Å². The van der Waals surface area contributed by atoms with Crippen LogP contribution in [0.25, 0.3) is 0 Å². The Morgan fingerprint density at radius 3 is 2.79 bits per heavy atom.